The first kappa shape index (κ1) is 10.9. The van der Waals surface area contributed by atoms with Gasteiger partial charge in [0.05, 0.1) is 5.60 Å². The molecule has 0 bridgehead atoms. The number of aliphatic hydroxyl groups is 1. The lowest BCUT2D eigenvalue weighted by Crippen LogP contribution is -2.31. The summed E-state index contributed by atoms with van der Waals surface area (Å²) >= 11 is 0. The number of ether oxygens (including phenoxy) is 1. The van der Waals surface area contributed by atoms with E-state index in [0.717, 1.165) is 5.75 Å². The van der Waals surface area contributed by atoms with Crippen LogP contribution in [0.1, 0.15) is 20.3 Å². The monoisotopic (exact) mass is 195 g/mol. The molecule has 0 aliphatic carbocycles. The van der Waals surface area contributed by atoms with Crippen LogP contribution in [-0.2, 0) is 0 Å². The Morgan fingerprint density at radius 2 is 1.93 bits per heavy atom. The van der Waals surface area contributed by atoms with Gasteiger partial charge in [-0.3, -0.25) is 0 Å². The number of benzene rings is 1. The summed E-state index contributed by atoms with van der Waals surface area (Å²) in [6.45, 7) is 3.98. The minimum absolute atomic E-state index is 0.299. The van der Waals surface area contributed by atoms with Crippen molar-refractivity contribution in [2.75, 3.05) is 12.3 Å². The van der Waals surface area contributed by atoms with E-state index in [0.29, 0.717) is 18.7 Å². The largest absolute Gasteiger partial charge is 0.491 e. The molecule has 14 heavy (non-hydrogen) atoms. The van der Waals surface area contributed by atoms with E-state index in [4.69, 9.17) is 10.5 Å². The second-order valence-electron chi connectivity index (χ2n) is 3.71. The van der Waals surface area contributed by atoms with Crippen molar-refractivity contribution in [3.05, 3.63) is 24.3 Å². The molecule has 1 atom stereocenters. The highest BCUT2D eigenvalue weighted by Gasteiger charge is 2.18. The smallest absolute Gasteiger partial charge is 0.119 e. The van der Waals surface area contributed by atoms with E-state index >= 15 is 0 Å². The lowest BCUT2D eigenvalue weighted by atomic mass is 10.1. The predicted octanol–water partition coefficient (Wildman–Crippen LogP) is 1.81. The fourth-order valence-corrected chi connectivity index (χ4v) is 0.905. The fourth-order valence-electron chi connectivity index (χ4n) is 0.905. The fraction of sp³-hybridized carbons (Fsp3) is 0.455. The second kappa shape index (κ2) is 4.33. The molecule has 3 nitrogen and oxygen atoms in total. The van der Waals surface area contributed by atoms with Crippen molar-refractivity contribution in [1.29, 1.82) is 0 Å². The van der Waals surface area contributed by atoms with Crippen LogP contribution in [0.4, 0.5) is 5.69 Å². The highest BCUT2D eigenvalue weighted by atomic mass is 16.5. The molecular weight excluding hydrogens is 178 g/mol. The lowest BCUT2D eigenvalue weighted by molar-refractivity contribution is 0.00848. The van der Waals surface area contributed by atoms with Gasteiger partial charge < -0.3 is 15.6 Å². The normalized spacial score (nSPS) is 14.8. The quantitative estimate of drug-likeness (QED) is 0.720. The van der Waals surface area contributed by atoms with Gasteiger partial charge in [-0.25, -0.2) is 0 Å². The maximum absolute atomic E-state index is 9.69. The summed E-state index contributed by atoms with van der Waals surface area (Å²) in [6.07, 6.45) is 0.669. The summed E-state index contributed by atoms with van der Waals surface area (Å²) in [7, 11) is 0. The number of hydrogen-bond acceptors (Lipinski definition) is 3. The molecule has 0 aliphatic rings. The van der Waals surface area contributed by atoms with Crippen molar-refractivity contribution < 1.29 is 9.84 Å². The van der Waals surface area contributed by atoms with Crippen LogP contribution in [0.3, 0.4) is 0 Å². The minimum atomic E-state index is -0.763. The van der Waals surface area contributed by atoms with Crippen molar-refractivity contribution in [2.24, 2.45) is 0 Å². The van der Waals surface area contributed by atoms with Gasteiger partial charge in [0.15, 0.2) is 0 Å². The Bertz CT molecular complexity index is 280. The van der Waals surface area contributed by atoms with Gasteiger partial charge in [-0.05, 0) is 37.6 Å². The predicted molar refractivity (Wildman–Crippen MR) is 57.3 cm³/mol. The summed E-state index contributed by atoms with van der Waals surface area (Å²) < 4.78 is 5.41. The molecule has 0 radical (unpaired) electrons. The number of nitrogens with two attached hydrogens (primary N) is 1. The molecule has 3 heteroatoms. The SMILES string of the molecule is CCC(C)(O)COc1ccc(N)cc1. The van der Waals surface area contributed by atoms with Crippen LogP contribution >= 0.6 is 0 Å². The van der Waals surface area contributed by atoms with Crippen molar-refractivity contribution >= 4 is 5.69 Å². The first-order chi connectivity index (χ1) is 6.53. The zero-order valence-corrected chi connectivity index (χ0v) is 8.66. The molecule has 0 spiro atoms. The molecular formula is C11H17NO2. The van der Waals surface area contributed by atoms with Gasteiger partial charge in [0.2, 0.25) is 0 Å². The molecule has 0 heterocycles. The zero-order valence-electron chi connectivity index (χ0n) is 8.66. The van der Waals surface area contributed by atoms with Crippen molar-refractivity contribution in [1.82, 2.24) is 0 Å². The number of hydrogen-bond donors (Lipinski definition) is 2. The van der Waals surface area contributed by atoms with Crippen LogP contribution in [-0.4, -0.2) is 17.3 Å². The van der Waals surface area contributed by atoms with Crippen molar-refractivity contribution in [2.45, 2.75) is 25.9 Å². The number of rotatable bonds is 4. The second-order valence-corrected chi connectivity index (χ2v) is 3.71. The third kappa shape index (κ3) is 3.26. The van der Waals surface area contributed by atoms with Crippen LogP contribution in [0, 0.1) is 0 Å². The summed E-state index contributed by atoms with van der Waals surface area (Å²) in [6, 6.07) is 7.13. The van der Waals surface area contributed by atoms with Gasteiger partial charge in [0, 0.05) is 5.69 Å². The van der Waals surface area contributed by atoms with Crippen molar-refractivity contribution in [3.63, 3.8) is 0 Å². The average molecular weight is 195 g/mol. The van der Waals surface area contributed by atoms with Crippen LogP contribution in [0.5, 0.6) is 5.75 Å². The molecule has 1 aromatic carbocycles. The molecule has 1 unspecified atom stereocenters. The average Bonchev–Trinajstić information content (AvgIpc) is 2.17. The van der Waals surface area contributed by atoms with Crippen LogP contribution in [0.25, 0.3) is 0 Å². The maximum atomic E-state index is 9.69. The number of nitrogen functional groups attached to an aromatic ring is 1. The van der Waals surface area contributed by atoms with E-state index in [-0.39, 0.29) is 0 Å². The van der Waals surface area contributed by atoms with E-state index < -0.39 is 5.60 Å². The first-order valence-electron chi connectivity index (χ1n) is 4.74. The lowest BCUT2D eigenvalue weighted by Gasteiger charge is -2.21. The Morgan fingerprint density at radius 3 is 2.43 bits per heavy atom. The van der Waals surface area contributed by atoms with Gasteiger partial charge >= 0.3 is 0 Å². The minimum Gasteiger partial charge on any atom is -0.491 e. The van der Waals surface area contributed by atoms with E-state index in [1.165, 1.54) is 0 Å². The van der Waals surface area contributed by atoms with Gasteiger partial charge in [-0.15, -0.1) is 0 Å². The molecule has 1 aromatic rings. The molecule has 0 saturated carbocycles. The summed E-state index contributed by atoms with van der Waals surface area (Å²) in [4.78, 5) is 0. The Hall–Kier alpha value is -1.22. The highest BCUT2D eigenvalue weighted by molar-refractivity contribution is 5.41. The molecule has 1 rings (SSSR count). The van der Waals surface area contributed by atoms with Gasteiger partial charge in [0.1, 0.15) is 12.4 Å². The Labute approximate surface area is 84.5 Å². The van der Waals surface area contributed by atoms with E-state index in [2.05, 4.69) is 0 Å². The molecule has 0 amide bonds. The third-order valence-corrected chi connectivity index (χ3v) is 2.19. The van der Waals surface area contributed by atoms with E-state index in [1.807, 2.05) is 6.92 Å². The maximum Gasteiger partial charge on any atom is 0.119 e. The summed E-state index contributed by atoms with van der Waals surface area (Å²) in [5.74, 6) is 0.730. The standard InChI is InChI=1S/C11H17NO2/c1-3-11(2,13)8-14-10-6-4-9(12)5-7-10/h4-7,13H,3,8,12H2,1-2H3. The third-order valence-electron chi connectivity index (χ3n) is 2.19. The Morgan fingerprint density at radius 1 is 1.36 bits per heavy atom. The van der Waals surface area contributed by atoms with Gasteiger partial charge in [-0.1, -0.05) is 6.92 Å². The molecule has 0 aromatic heterocycles. The van der Waals surface area contributed by atoms with Crippen LogP contribution < -0.4 is 10.5 Å². The Balaban J connectivity index is 2.50. The molecule has 78 valence electrons. The molecule has 0 saturated heterocycles. The topological polar surface area (TPSA) is 55.5 Å². The first-order valence-corrected chi connectivity index (χ1v) is 4.74. The van der Waals surface area contributed by atoms with Crippen LogP contribution in [0.15, 0.2) is 24.3 Å². The molecule has 0 fully saturated rings. The number of anilines is 1. The highest BCUT2D eigenvalue weighted by Crippen LogP contribution is 2.16. The zero-order chi connectivity index (χ0) is 10.6. The summed E-state index contributed by atoms with van der Waals surface area (Å²) in [5, 5.41) is 9.69. The van der Waals surface area contributed by atoms with E-state index in [1.54, 1.807) is 31.2 Å². The summed E-state index contributed by atoms with van der Waals surface area (Å²) in [5.41, 5.74) is 5.48. The molecule has 0 aliphatic heterocycles. The van der Waals surface area contributed by atoms with Crippen molar-refractivity contribution in [3.8, 4) is 5.75 Å². The van der Waals surface area contributed by atoms with Crippen LogP contribution in [0.2, 0.25) is 0 Å². The van der Waals surface area contributed by atoms with Gasteiger partial charge in [0.25, 0.3) is 0 Å². The molecule has 3 N–H and O–H groups in total. The van der Waals surface area contributed by atoms with E-state index in [9.17, 15) is 5.11 Å². The Kier molecular flexibility index (Phi) is 3.36. The van der Waals surface area contributed by atoms with Gasteiger partial charge in [-0.2, -0.15) is 0 Å².